The summed E-state index contributed by atoms with van der Waals surface area (Å²) in [5.74, 6) is 1.03. The number of anilines is 1. The van der Waals surface area contributed by atoms with Gasteiger partial charge in [-0.1, -0.05) is 12.1 Å². The van der Waals surface area contributed by atoms with Crippen LogP contribution in [0.15, 0.2) is 28.8 Å². The normalized spacial score (nSPS) is 14.4. The molecular weight excluding hydrogens is 230 g/mol. The van der Waals surface area contributed by atoms with Gasteiger partial charge in [-0.25, -0.2) is 0 Å². The molecule has 18 heavy (non-hydrogen) atoms. The first-order valence-electron chi connectivity index (χ1n) is 5.84. The third-order valence-electron chi connectivity index (χ3n) is 3.17. The molecule has 0 radical (unpaired) electrons. The summed E-state index contributed by atoms with van der Waals surface area (Å²) in [4.78, 5) is 4.38. The first-order valence-corrected chi connectivity index (χ1v) is 5.84. The van der Waals surface area contributed by atoms with Crippen LogP contribution in [-0.4, -0.2) is 17.3 Å². The van der Waals surface area contributed by atoms with Gasteiger partial charge in [0.25, 0.3) is 5.89 Å². The monoisotopic (exact) mass is 247 g/mol. The van der Waals surface area contributed by atoms with E-state index in [4.69, 9.17) is 15.0 Å². The van der Waals surface area contributed by atoms with E-state index in [2.05, 4.69) is 10.1 Å². The molecule has 1 heterocycles. The highest BCUT2D eigenvalue weighted by Gasteiger charge is 2.31. The van der Waals surface area contributed by atoms with Crippen molar-refractivity contribution < 1.29 is 9.26 Å². The fourth-order valence-corrected chi connectivity index (χ4v) is 1.57. The summed E-state index contributed by atoms with van der Waals surface area (Å²) in [5.41, 5.74) is 6.67. The van der Waals surface area contributed by atoms with Gasteiger partial charge in [-0.3, -0.25) is 0 Å². The molecule has 1 atom stereocenters. The van der Waals surface area contributed by atoms with Crippen LogP contribution in [-0.2, 0) is 10.3 Å². The summed E-state index contributed by atoms with van der Waals surface area (Å²) in [6.45, 7) is 3.93. The van der Waals surface area contributed by atoms with Crippen LogP contribution in [0, 0.1) is 0 Å². The predicted molar refractivity (Wildman–Crippen MR) is 68.8 cm³/mol. The van der Waals surface area contributed by atoms with Crippen molar-refractivity contribution in [3.63, 3.8) is 0 Å². The number of nitrogen functional groups attached to an aromatic ring is 1. The summed E-state index contributed by atoms with van der Waals surface area (Å²) in [7, 11) is 1.64. The Balaban J connectivity index is 2.33. The van der Waals surface area contributed by atoms with Gasteiger partial charge in [-0.2, -0.15) is 4.98 Å². The van der Waals surface area contributed by atoms with Crippen LogP contribution >= 0.6 is 0 Å². The van der Waals surface area contributed by atoms with Crippen LogP contribution in [0.1, 0.15) is 26.2 Å². The second-order valence-electron chi connectivity index (χ2n) is 4.33. The molecule has 2 rings (SSSR count). The van der Waals surface area contributed by atoms with Gasteiger partial charge in [0.2, 0.25) is 5.82 Å². The van der Waals surface area contributed by atoms with Crippen molar-refractivity contribution in [3.8, 4) is 11.4 Å². The second kappa shape index (κ2) is 4.78. The number of methoxy groups -OCH3 is 1. The van der Waals surface area contributed by atoms with Crippen molar-refractivity contribution in [2.75, 3.05) is 12.8 Å². The van der Waals surface area contributed by atoms with E-state index in [1.54, 1.807) is 19.2 Å². The molecule has 1 unspecified atom stereocenters. The maximum Gasteiger partial charge on any atom is 0.258 e. The van der Waals surface area contributed by atoms with E-state index in [0.29, 0.717) is 17.4 Å². The number of aromatic nitrogens is 2. The molecule has 1 aromatic heterocycles. The van der Waals surface area contributed by atoms with Gasteiger partial charge >= 0.3 is 0 Å². The van der Waals surface area contributed by atoms with Crippen LogP contribution in [0.3, 0.4) is 0 Å². The number of ether oxygens (including phenoxy) is 1. The Labute approximate surface area is 106 Å². The van der Waals surface area contributed by atoms with Crippen molar-refractivity contribution >= 4 is 5.69 Å². The number of hydrogen-bond acceptors (Lipinski definition) is 5. The number of nitrogens with zero attached hydrogens (tertiary/aromatic N) is 2. The van der Waals surface area contributed by atoms with Gasteiger partial charge < -0.3 is 15.0 Å². The molecular formula is C13H17N3O2. The molecule has 5 heteroatoms. The van der Waals surface area contributed by atoms with Crippen LogP contribution in [0.2, 0.25) is 0 Å². The Hall–Kier alpha value is -1.88. The Bertz CT molecular complexity index is 515. The summed E-state index contributed by atoms with van der Waals surface area (Å²) >= 11 is 0. The zero-order valence-corrected chi connectivity index (χ0v) is 10.8. The molecule has 1 aromatic carbocycles. The van der Waals surface area contributed by atoms with E-state index in [-0.39, 0.29) is 0 Å². The van der Waals surface area contributed by atoms with Gasteiger partial charge in [0, 0.05) is 18.4 Å². The van der Waals surface area contributed by atoms with Crippen molar-refractivity contribution in [1.29, 1.82) is 0 Å². The lowest BCUT2D eigenvalue weighted by atomic mass is 10.0. The van der Waals surface area contributed by atoms with Crippen molar-refractivity contribution in [1.82, 2.24) is 10.1 Å². The van der Waals surface area contributed by atoms with E-state index in [1.807, 2.05) is 26.0 Å². The molecule has 0 fully saturated rings. The summed E-state index contributed by atoms with van der Waals surface area (Å²) in [6.07, 6.45) is 0.757. The zero-order valence-electron chi connectivity index (χ0n) is 10.8. The highest BCUT2D eigenvalue weighted by Crippen LogP contribution is 2.28. The predicted octanol–water partition coefficient (Wildman–Crippen LogP) is 2.59. The van der Waals surface area contributed by atoms with E-state index in [9.17, 15) is 0 Å². The highest BCUT2D eigenvalue weighted by molar-refractivity contribution is 5.58. The molecule has 0 aliphatic carbocycles. The third-order valence-corrected chi connectivity index (χ3v) is 3.17. The molecule has 0 saturated heterocycles. The smallest absolute Gasteiger partial charge is 0.258 e. The lowest BCUT2D eigenvalue weighted by molar-refractivity contribution is -0.0272. The van der Waals surface area contributed by atoms with Crippen molar-refractivity contribution in [2.45, 2.75) is 25.9 Å². The van der Waals surface area contributed by atoms with Crippen LogP contribution in [0.5, 0.6) is 0 Å². The standard InChI is InChI=1S/C13H17N3O2/c1-4-13(2,17-3)12-15-11(16-18-12)9-5-7-10(14)8-6-9/h5-8H,4,14H2,1-3H3. The molecule has 0 aliphatic rings. The van der Waals surface area contributed by atoms with Crippen molar-refractivity contribution in [3.05, 3.63) is 30.2 Å². The number of rotatable bonds is 4. The third kappa shape index (κ3) is 2.22. The minimum absolute atomic E-state index is 0.485. The minimum Gasteiger partial charge on any atom is -0.399 e. The Morgan fingerprint density at radius 3 is 2.56 bits per heavy atom. The molecule has 0 spiro atoms. The molecule has 0 aliphatic heterocycles. The summed E-state index contributed by atoms with van der Waals surface area (Å²) in [5, 5.41) is 3.97. The first-order chi connectivity index (χ1) is 8.59. The molecule has 5 nitrogen and oxygen atoms in total. The average molecular weight is 247 g/mol. The van der Waals surface area contributed by atoms with Gasteiger partial charge in [0.1, 0.15) is 5.60 Å². The molecule has 0 saturated carbocycles. The SMILES string of the molecule is CCC(C)(OC)c1nc(-c2ccc(N)cc2)no1. The Morgan fingerprint density at radius 1 is 1.33 bits per heavy atom. The Kier molecular flexibility index (Phi) is 3.34. The van der Waals surface area contributed by atoms with E-state index >= 15 is 0 Å². The lowest BCUT2D eigenvalue weighted by Gasteiger charge is -2.21. The molecule has 2 aromatic rings. The highest BCUT2D eigenvalue weighted by atomic mass is 16.5. The fraction of sp³-hybridized carbons (Fsp3) is 0.385. The first kappa shape index (κ1) is 12.6. The number of hydrogen-bond donors (Lipinski definition) is 1. The fourth-order valence-electron chi connectivity index (χ4n) is 1.57. The van der Waals surface area contributed by atoms with Crippen LogP contribution < -0.4 is 5.73 Å². The average Bonchev–Trinajstić information content (AvgIpc) is 2.89. The van der Waals surface area contributed by atoms with Crippen molar-refractivity contribution in [2.24, 2.45) is 0 Å². The molecule has 2 N–H and O–H groups in total. The van der Waals surface area contributed by atoms with E-state index in [0.717, 1.165) is 12.0 Å². The summed E-state index contributed by atoms with van der Waals surface area (Å²) < 4.78 is 10.7. The zero-order chi connectivity index (χ0) is 13.2. The van der Waals surface area contributed by atoms with E-state index < -0.39 is 5.60 Å². The number of nitrogens with two attached hydrogens (primary N) is 1. The topological polar surface area (TPSA) is 74.2 Å². The molecule has 96 valence electrons. The quantitative estimate of drug-likeness (QED) is 0.840. The summed E-state index contributed by atoms with van der Waals surface area (Å²) in [6, 6.07) is 7.33. The van der Waals surface area contributed by atoms with Gasteiger partial charge in [-0.15, -0.1) is 0 Å². The van der Waals surface area contributed by atoms with Gasteiger partial charge in [-0.05, 0) is 37.6 Å². The molecule has 0 bridgehead atoms. The minimum atomic E-state index is -0.543. The second-order valence-corrected chi connectivity index (χ2v) is 4.33. The largest absolute Gasteiger partial charge is 0.399 e. The van der Waals surface area contributed by atoms with Gasteiger partial charge in [0.15, 0.2) is 0 Å². The maximum atomic E-state index is 5.64. The van der Waals surface area contributed by atoms with Crippen LogP contribution in [0.4, 0.5) is 5.69 Å². The van der Waals surface area contributed by atoms with Gasteiger partial charge in [0.05, 0.1) is 0 Å². The lowest BCUT2D eigenvalue weighted by Crippen LogP contribution is -2.23. The maximum absolute atomic E-state index is 5.64. The molecule has 0 amide bonds. The number of benzene rings is 1. The van der Waals surface area contributed by atoms with Crippen LogP contribution in [0.25, 0.3) is 11.4 Å². The Morgan fingerprint density at radius 2 is 2.00 bits per heavy atom. The van der Waals surface area contributed by atoms with E-state index in [1.165, 1.54) is 0 Å².